The molecule has 0 spiro atoms. The van der Waals surface area contributed by atoms with Gasteiger partial charge in [0.1, 0.15) is 0 Å². The van der Waals surface area contributed by atoms with E-state index in [2.05, 4.69) is 6.92 Å². The van der Waals surface area contributed by atoms with Gasteiger partial charge in [0.15, 0.2) is 0 Å². The largest absolute Gasteiger partial charge is 1.00 e. The summed E-state index contributed by atoms with van der Waals surface area (Å²) in [7, 11) is 0. The van der Waals surface area contributed by atoms with Gasteiger partial charge in [0.05, 0.1) is 0 Å². The van der Waals surface area contributed by atoms with Crippen molar-refractivity contribution in [3.8, 4) is 0 Å². The van der Waals surface area contributed by atoms with Crippen LogP contribution in [-0.4, -0.2) is 0 Å². The van der Waals surface area contributed by atoms with Crippen LogP contribution in [0.3, 0.4) is 0 Å². The Morgan fingerprint density at radius 2 is 1.50 bits per heavy atom. The molecular formula is C7H15K. The van der Waals surface area contributed by atoms with E-state index in [9.17, 15) is 0 Å². The molecule has 0 aromatic carbocycles. The molecule has 0 amide bonds. The standard InChI is InChI=1S/C6H12.CH3.K/c1-6-4-2-3-5-6;;/h6H,2-5H2,1H3;1H3;/q;-1;+1. The van der Waals surface area contributed by atoms with Crippen LogP contribution >= 0.6 is 0 Å². The van der Waals surface area contributed by atoms with Crippen LogP contribution in [-0.2, 0) is 0 Å². The summed E-state index contributed by atoms with van der Waals surface area (Å²) in [5.74, 6) is 1.05. The molecule has 0 nitrogen and oxygen atoms in total. The molecule has 0 saturated heterocycles. The maximum Gasteiger partial charge on any atom is 1.00 e. The summed E-state index contributed by atoms with van der Waals surface area (Å²) in [5.41, 5.74) is 0. The van der Waals surface area contributed by atoms with Crippen LogP contribution in [0.15, 0.2) is 0 Å². The number of hydrogen-bond donors (Lipinski definition) is 0. The molecule has 1 fully saturated rings. The molecule has 0 radical (unpaired) electrons. The van der Waals surface area contributed by atoms with Gasteiger partial charge >= 0.3 is 51.4 Å². The van der Waals surface area contributed by atoms with E-state index in [4.69, 9.17) is 0 Å². The third kappa shape index (κ3) is 4.51. The van der Waals surface area contributed by atoms with Gasteiger partial charge in [-0.15, -0.1) is 0 Å². The van der Waals surface area contributed by atoms with Gasteiger partial charge in [0.25, 0.3) is 0 Å². The molecule has 0 N–H and O–H groups in total. The van der Waals surface area contributed by atoms with Gasteiger partial charge in [-0.1, -0.05) is 32.6 Å². The van der Waals surface area contributed by atoms with Crippen molar-refractivity contribution in [1.82, 2.24) is 0 Å². The monoisotopic (exact) mass is 138 g/mol. The van der Waals surface area contributed by atoms with Crippen molar-refractivity contribution in [2.24, 2.45) is 5.92 Å². The fourth-order valence-corrected chi connectivity index (χ4v) is 1.13. The van der Waals surface area contributed by atoms with Crippen molar-refractivity contribution in [2.75, 3.05) is 0 Å². The Labute approximate surface area is 95.9 Å². The van der Waals surface area contributed by atoms with E-state index in [0.717, 1.165) is 5.92 Å². The average Bonchev–Trinajstić information content (AvgIpc) is 1.86. The summed E-state index contributed by atoms with van der Waals surface area (Å²) in [4.78, 5) is 0. The van der Waals surface area contributed by atoms with E-state index in [1.165, 1.54) is 25.7 Å². The zero-order chi connectivity index (χ0) is 4.41. The first kappa shape index (κ1) is 12.3. The zero-order valence-electron chi connectivity index (χ0n) is 6.41. The van der Waals surface area contributed by atoms with Crippen LogP contribution in [0.4, 0.5) is 0 Å². The van der Waals surface area contributed by atoms with Gasteiger partial charge in [-0.2, -0.15) is 0 Å². The molecule has 0 heterocycles. The third-order valence-corrected chi connectivity index (χ3v) is 1.64. The van der Waals surface area contributed by atoms with Crippen LogP contribution in [0.25, 0.3) is 0 Å². The van der Waals surface area contributed by atoms with Gasteiger partial charge in [-0.25, -0.2) is 0 Å². The Morgan fingerprint density at radius 3 is 1.62 bits per heavy atom. The molecule has 0 bridgehead atoms. The summed E-state index contributed by atoms with van der Waals surface area (Å²) < 4.78 is 0. The van der Waals surface area contributed by atoms with Crippen molar-refractivity contribution < 1.29 is 51.4 Å². The van der Waals surface area contributed by atoms with Crippen LogP contribution < -0.4 is 51.4 Å². The maximum atomic E-state index is 2.34. The predicted octanol–water partition coefficient (Wildman–Crippen LogP) is -0.349. The van der Waals surface area contributed by atoms with Crippen molar-refractivity contribution in [3.63, 3.8) is 0 Å². The van der Waals surface area contributed by atoms with Crippen molar-refractivity contribution in [3.05, 3.63) is 7.43 Å². The second kappa shape index (κ2) is 6.75. The summed E-state index contributed by atoms with van der Waals surface area (Å²) in [6.45, 7) is 2.34. The van der Waals surface area contributed by atoms with Gasteiger partial charge < -0.3 is 7.43 Å². The first-order valence-electron chi connectivity index (χ1n) is 2.89. The molecule has 0 aliphatic heterocycles. The second-order valence-corrected chi connectivity index (χ2v) is 2.39. The Kier molecular flexibility index (Phi) is 10.4. The Balaban J connectivity index is 0. The zero-order valence-corrected chi connectivity index (χ0v) is 9.53. The first-order chi connectivity index (χ1) is 2.89. The van der Waals surface area contributed by atoms with E-state index >= 15 is 0 Å². The molecule has 1 saturated carbocycles. The van der Waals surface area contributed by atoms with E-state index < -0.39 is 0 Å². The minimum atomic E-state index is 0. The SMILES string of the molecule is CC1CCCC1.[CH3-].[K+]. The van der Waals surface area contributed by atoms with Gasteiger partial charge in [0, 0.05) is 0 Å². The Hall–Kier alpha value is 1.64. The van der Waals surface area contributed by atoms with Crippen LogP contribution in [0, 0.1) is 13.3 Å². The van der Waals surface area contributed by atoms with Crippen LogP contribution in [0.1, 0.15) is 32.6 Å². The van der Waals surface area contributed by atoms with Gasteiger partial charge in [-0.3, -0.25) is 0 Å². The van der Waals surface area contributed by atoms with Gasteiger partial charge in [-0.05, 0) is 5.92 Å². The summed E-state index contributed by atoms with van der Waals surface area (Å²) in [6.07, 6.45) is 5.95. The molecule has 1 aliphatic carbocycles. The molecule has 0 aromatic rings. The third-order valence-electron chi connectivity index (χ3n) is 1.64. The average molecular weight is 138 g/mol. The minimum Gasteiger partial charge on any atom is -0.358 e. The van der Waals surface area contributed by atoms with E-state index in [1.807, 2.05) is 0 Å². The molecule has 0 atom stereocenters. The fraction of sp³-hybridized carbons (Fsp3) is 0.857. The molecule has 0 unspecified atom stereocenters. The molecule has 1 rings (SSSR count). The molecule has 1 aliphatic rings. The molecular weight excluding hydrogens is 123 g/mol. The topological polar surface area (TPSA) is 0 Å². The molecule has 1 heteroatoms. The Morgan fingerprint density at radius 1 is 1.12 bits per heavy atom. The first-order valence-corrected chi connectivity index (χ1v) is 2.89. The van der Waals surface area contributed by atoms with E-state index in [-0.39, 0.29) is 58.8 Å². The fourth-order valence-electron chi connectivity index (χ4n) is 1.13. The van der Waals surface area contributed by atoms with Crippen molar-refractivity contribution >= 4 is 0 Å². The van der Waals surface area contributed by atoms with E-state index in [1.54, 1.807) is 0 Å². The number of hydrogen-bond acceptors (Lipinski definition) is 0. The molecule has 0 aromatic heterocycles. The maximum absolute atomic E-state index is 2.34. The summed E-state index contributed by atoms with van der Waals surface area (Å²) >= 11 is 0. The normalized spacial score (nSPS) is 19.1. The van der Waals surface area contributed by atoms with Crippen LogP contribution in [0.2, 0.25) is 0 Å². The number of rotatable bonds is 0. The van der Waals surface area contributed by atoms with Crippen molar-refractivity contribution in [1.29, 1.82) is 0 Å². The quantitative estimate of drug-likeness (QED) is 0.317. The Bertz CT molecular complexity index is 37.7. The molecule has 44 valence electrons. The second-order valence-electron chi connectivity index (χ2n) is 2.39. The van der Waals surface area contributed by atoms with E-state index in [0.29, 0.717) is 0 Å². The van der Waals surface area contributed by atoms with Crippen LogP contribution in [0.5, 0.6) is 0 Å². The smallest absolute Gasteiger partial charge is 0.358 e. The summed E-state index contributed by atoms with van der Waals surface area (Å²) in [6, 6.07) is 0. The molecule has 8 heavy (non-hydrogen) atoms. The summed E-state index contributed by atoms with van der Waals surface area (Å²) in [5, 5.41) is 0. The van der Waals surface area contributed by atoms with Gasteiger partial charge in [0.2, 0.25) is 0 Å². The minimum absolute atomic E-state index is 0. The van der Waals surface area contributed by atoms with Crippen molar-refractivity contribution in [2.45, 2.75) is 32.6 Å². The predicted molar refractivity (Wildman–Crippen MR) is 34.0 cm³/mol.